The second kappa shape index (κ2) is 4.70. The van der Waals surface area contributed by atoms with Gasteiger partial charge in [-0.2, -0.15) is 11.8 Å². The van der Waals surface area contributed by atoms with Gasteiger partial charge in [0.1, 0.15) is 5.76 Å². The summed E-state index contributed by atoms with van der Waals surface area (Å²) in [4.78, 5) is 0. The molecule has 1 atom stereocenters. The van der Waals surface area contributed by atoms with Gasteiger partial charge in [0.15, 0.2) is 0 Å². The smallest absolute Gasteiger partial charge is 0.102 e. The Kier molecular flexibility index (Phi) is 4.62. The molecule has 0 aromatic heterocycles. The number of thioether (sulfide) groups is 1. The molecule has 3 heteroatoms. The number of hydrogen-bond acceptors (Lipinski definition) is 3. The quantitative estimate of drug-likeness (QED) is 0.586. The summed E-state index contributed by atoms with van der Waals surface area (Å²) in [5.41, 5.74) is 5.44. The molecule has 0 amide bonds. The summed E-state index contributed by atoms with van der Waals surface area (Å²) in [7, 11) is 0. The first-order valence-electron chi connectivity index (χ1n) is 2.80. The Bertz CT molecular complexity index is 95.1. The fraction of sp³-hybridized carbons (Fsp3) is 0.667. The van der Waals surface area contributed by atoms with Gasteiger partial charge in [-0.15, -0.1) is 0 Å². The molecule has 0 saturated carbocycles. The van der Waals surface area contributed by atoms with E-state index in [0.29, 0.717) is 0 Å². The highest BCUT2D eigenvalue weighted by atomic mass is 32.2. The lowest BCUT2D eigenvalue weighted by molar-refractivity contribution is 0.367. The van der Waals surface area contributed by atoms with Crippen molar-refractivity contribution in [1.82, 2.24) is 0 Å². The zero-order valence-corrected chi connectivity index (χ0v) is 6.45. The Labute approximate surface area is 60.1 Å². The summed E-state index contributed by atoms with van der Waals surface area (Å²) < 4.78 is 0. The van der Waals surface area contributed by atoms with Gasteiger partial charge in [-0.3, -0.25) is 0 Å². The largest absolute Gasteiger partial charge is 0.511 e. The van der Waals surface area contributed by atoms with Gasteiger partial charge in [0.2, 0.25) is 0 Å². The van der Waals surface area contributed by atoms with Crippen LogP contribution in [0.25, 0.3) is 0 Å². The van der Waals surface area contributed by atoms with E-state index >= 15 is 0 Å². The van der Waals surface area contributed by atoms with Gasteiger partial charge in [-0.25, -0.2) is 0 Å². The SMILES string of the molecule is C=C(O)C(N)CCSC. The molecule has 0 fully saturated rings. The Morgan fingerprint density at radius 3 is 2.78 bits per heavy atom. The van der Waals surface area contributed by atoms with Crippen molar-refractivity contribution < 1.29 is 5.11 Å². The van der Waals surface area contributed by atoms with Gasteiger partial charge in [0, 0.05) is 0 Å². The van der Waals surface area contributed by atoms with Crippen LogP contribution in [-0.2, 0) is 0 Å². The molecule has 3 N–H and O–H groups in total. The summed E-state index contributed by atoms with van der Waals surface area (Å²) in [6.07, 6.45) is 2.81. The number of hydrogen-bond donors (Lipinski definition) is 2. The molecule has 0 heterocycles. The normalized spacial score (nSPS) is 13.1. The third kappa shape index (κ3) is 4.36. The van der Waals surface area contributed by atoms with Crippen molar-refractivity contribution in [3.8, 4) is 0 Å². The summed E-state index contributed by atoms with van der Waals surface area (Å²) in [5.74, 6) is 1.06. The van der Waals surface area contributed by atoms with Crippen LogP contribution in [0.4, 0.5) is 0 Å². The summed E-state index contributed by atoms with van der Waals surface area (Å²) in [6.45, 7) is 3.33. The first-order valence-corrected chi connectivity index (χ1v) is 4.20. The van der Waals surface area contributed by atoms with Crippen LogP contribution in [0.2, 0.25) is 0 Å². The fourth-order valence-electron chi connectivity index (χ4n) is 0.411. The summed E-state index contributed by atoms with van der Waals surface area (Å²) in [5, 5.41) is 8.72. The minimum absolute atomic E-state index is 0.0871. The molecule has 0 saturated heterocycles. The lowest BCUT2D eigenvalue weighted by atomic mass is 10.2. The van der Waals surface area contributed by atoms with Crippen molar-refractivity contribution in [2.24, 2.45) is 5.73 Å². The van der Waals surface area contributed by atoms with E-state index in [4.69, 9.17) is 10.8 Å². The second-order valence-electron chi connectivity index (χ2n) is 1.88. The van der Waals surface area contributed by atoms with E-state index in [0.717, 1.165) is 12.2 Å². The Hall–Kier alpha value is -0.150. The highest BCUT2D eigenvalue weighted by molar-refractivity contribution is 7.98. The molecule has 0 spiro atoms. The van der Waals surface area contributed by atoms with E-state index < -0.39 is 0 Å². The van der Waals surface area contributed by atoms with Gasteiger partial charge < -0.3 is 10.8 Å². The van der Waals surface area contributed by atoms with Gasteiger partial charge in [0.25, 0.3) is 0 Å². The molecule has 1 unspecified atom stereocenters. The van der Waals surface area contributed by atoms with Crippen molar-refractivity contribution >= 4 is 11.8 Å². The van der Waals surface area contributed by atoms with Crippen LogP contribution in [-0.4, -0.2) is 23.2 Å². The lowest BCUT2D eigenvalue weighted by Crippen LogP contribution is -2.22. The lowest BCUT2D eigenvalue weighted by Gasteiger charge is -2.06. The van der Waals surface area contributed by atoms with Crippen LogP contribution in [0.1, 0.15) is 6.42 Å². The maximum atomic E-state index is 8.72. The third-order valence-corrected chi connectivity index (χ3v) is 1.70. The second-order valence-corrected chi connectivity index (χ2v) is 2.86. The van der Waals surface area contributed by atoms with Gasteiger partial charge in [0.05, 0.1) is 6.04 Å². The fourth-order valence-corrected chi connectivity index (χ4v) is 0.901. The summed E-state index contributed by atoms with van der Waals surface area (Å²) >= 11 is 1.72. The van der Waals surface area contributed by atoms with Crippen LogP contribution in [0.3, 0.4) is 0 Å². The van der Waals surface area contributed by atoms with E-state index in [2.05, 4.69) is 6.58 Å². The third-order valence-electron chi connectivity index (χ3n) is 1.06. The van der Waals surface area contributed by atoms with Crippen molar-refractivity contribution in [3.05, 3.63) is 12.3 Å². The van der Waals surface area contributed by atoms with Gasteiger partial charge in [-0.1, -0.05) is 6.58 Å². The van der Waals surface area contributed by atoms with Crippen LogP contribution in [0.5, 0.6) is 0 Å². The van der Waals surface area contributed by atoms with Crippen molar-refractivity contribution in [2.75, 3.05) is 12.0 Å². The molecule has 0 aromatic rings. The van der Waals surface area contributed by atoms with Gasteiger partial charge in [-0.05, 0) is 18.4 Å². The highest BCUT2D eigenvalue weighted by Gasteiger charge is 2.02. The Morgan fingerprint density at radius 1 is 1.89 bits per heavy atom. The van der Waals surface area contributed by atoms with Gasteiger partial charge >= 0.3 is 0 Å². The summed E-state index contributed by atoms with van der Waals surface area (Å²) in [6, 6.07) is -0.238. The molecule has 0 rings (SSSR count). The highest BCUT2D eigenvalue weighted by Crippen LogP contribution is 2.02. The van der Waals surface area contributed by atoms with Crippen LogP contribution in [0.15, 0.2) is 12.3 Å². The number of aliphatic hydroxyl groups is 1. The maximum Gasteiger partial charge on any atom is 0.102 e. The molecule has 2 nitrogen and oxygen atoms in total. The molecular weight excluding hydrogens is 134 g/mol. The zero-order chi connectivity index (χ0) is 7.28. The molecule has 0 bridgehead atoms. The van der Waals surface area contributed by atoms with Crippen molar-refractivity contribution in [3.63, 3.8) is 0 Å². The Morgan fingerprint density at radius 2 is 2.44 bits per heavy atom. The number of aliphatic hydroxyl groups excluding tert-OH is 1. The Balaban J connectivity index is 3.27. The van der Waals surface area contributed by atoms with E-state index in [9.17, 15) is 0 Å². The predicted octanol–water partition coefficient (Wildman–Crippen LogP) is 1.14. The molecule has 0 aliphatic heterocycles. The molecule has 9 heavy (non-hydrogen) atoms. The molecule has 0 aromatic carbocycles. The molecule has 0 aliphatic rings. The average molecular weight is 147 g/mol. The van der Waals surface area contributed by atoms with Crippen molar-refractivity contribution in [2.45, 2.75) is 12.5 Å². The van der Waals surface area contributed by atoms with Crippen molar-refractivity contribution in [1.29, 1.82) is 0 Å². The van der Waals surface area contributed by atoms with E-state index in [-0.39, 0.29) is 11.8 Å². The molecule has 0 radical (unpaired) electrons. The molecular formula is C6H13NOS. The average Bonchev–Trinajstić information content (AvgIpc) is 1.82. The first-order chi connectivity index (χ1) is 4.18. The van der Waals surface area contributed by atoms with E-state index in [1.54, 1.807) is 11.8 Å². The maximum absolute atomic E-state index is 8.72. The van der Waals surface area contributed by atoms with Crippen LogP contribution >= 0.6 is 11.8 Å². The number of nitrogens with two attached hydrogens (primary N) is 1. The topological polar surface area (TPSA) is 46.2 Å². The molecule has 0 aliphatic carbocycles. The minimum Gasteiger partial charge on any atom is -0.511 e. The first kappa shape index (κ1) is 8.85. The molecule has 54 valence electrons. The number of rotatable bonds is 4. The van der Waals surface area contributed by atoms with Crippen LogP contribution < -0.4 is 5.73 Å². The standard InChI is InChI=1S/C6H13NOS/c1-5(8)6(7)3-4-9-2/h6,8H,1,3-4,7H2,2H3. The van der Waals surface area contributed by atoms with E-state index in [1.165, 1.54) is 0 Å². The zero-order valence-electron chi connectivity index (χ0n) is 5.63. The minimum atomic E-state index is -0.238. The monoisotopic (exact) mass is 147 g/mol. The van der Waals surface area contributed by atoms with E-state index in [1.807, 2.05) is 6.26 Å². The van der Waals surface area contributed by atoms with Crippen LogP contribution in [0, 0.1) is 0 Å². The predicted molar refractivity (Wildman–Crippen MR) is 42.7 cm³/mol.